The maximum Gasteiger partial charge on any atom is 0.217 e. The highest BCUT2D eigenvalue weighted by Crippen LogP contribution is 2.32. The molecule has 0 fully saturated rings. The minimum absolute atomic E-state index is 0.160. The van der Waals surface area contributed by atoms with Crippen LogP contribution in [0, 0.1) is 0 Å². The van der Waals surface area contributed by atoms with Crippen molar-refractivity contribution < 1.29 is 13.2 Å². The summed E-state index contributed by atoms with van der Waals surface area (Å²) in [6, 6.07) is 4.73. The highest BCUT2D eigenvalue weighted by Gasteiger charge is 2.23. The number of hydrogen-bond acceptors (Lipinski definition) is 3. The lowest BCUT2D eigenvalue weighted by molar-refractivity contribution is -0.118. The number of hydrogen-bond donors (Lipinski definition) is 1. The van der Waals surface area contributed by atoms with Crippen molar-refractivity contribution in [3.8, 4) is 0 Å². The van der Waals surface area contributed by atoms with E-state index in [9.17, 15) is 13.2 Å². The van der Waals surface area contributed by atoms with E-state index in [1.165, 1.54) is 0 Å². The summed E-state index contributed by atoms with van der Waals surface area (Å²) in [5, 5.41) is -0.0286. The van der Waals surface area contributed by atoms with Gasteiger partial charge in [0, 0.05) is 12.7 Å². The van der Waals surface area contributed by atoms with E-state index >= 15 is 0 Å². The highest BCUT2D eigenvalue weighted by molar-refractivity contribution is 7.90. The first-order valence-corrected chi connectivity index (χ1v) is 8.35. The molecule has 0 bridgehead atoms. The SMILES string of the molecule is CS(=O)(=O)C(CCCC(N)=O)c1ccc(Cl)c(Cl)c1. The van der Waals surface area contributed by atoms with Crippen molar-refractivity contribution in [3.63, 3.8) is 0 Å². The van der Waals surface area contributed by atoms with Crippen molar-refractivity contribution in [2.75, 3.05) is 6.26 Å². The number of sulfone groups is 1. The number of rotatable bonds is 6. The summed E-state index contributed by atoms with van der Waals surface area (Å²) in [6.07, 6.45) is 2.05. The predicted molar refractivity (Wildman–Crippen MR) is 77.1 cm³/mol. The monoisotopic (exact) mass is 323 g/mol. The molecule has 0 aliphatic carbocycles. The van der Waals surface area contributed by atoms with Crippen LogP contribution in [0.3, 0.4) is 0 Å². The van der Waals surface area contributed by atoms with Crippen LogP contribution >= 0.6 is 23.2 Å². The zero-order chi connectivity index (χ0) is 14.6. The number of carbonyl (C=O) groups excluding carboxylic acids is 1. The number of benzene rings is 1. The van der Waals surface area contributed by atoms with Crippen molar-refractivity contribution in [2.24, 2.45) is 5.73 Å². The summed E-state index contributed by atoms with van der Waals surface area (Å²) in [5.41, 5.74) is 5.61. The topological polar surface area (TPSA) is 77.2 Å². The first-order valence-electron chi connectivity index (χ1n) is 5.64. The molecule has 0 aliphatic heterocycles. The van der Waals surface area contributed by atoms with Crippen LogP contribution in [0.1, 0.15) is 30.1 Å². The Balaban J connectivity index is 2.97. The average molecular weight is 324 g/mol. The van der Waals surface area contributed by atoms with Gasteiger partial charge >= 0.3 is 0 Å². The molecular weight excluding hydrogens is 309 g/mol. The Kier molecular flexibility index (Phi) is 5.64. The van der Waals surface area contributed by atoms with Gasteiger partial charge in [-0.2, -0.15) is 0 Å². The molecule has 0 saturated carbocycles. The van der Waals surface area contributed by atoms with Crippen LogP contribution in [-0.4, -0.2) is 20.6 Å². The van der Waals surface area contributed by atoms with Gasteiger partial charge < -0.3 is 5.73 Å². The Bertz CT molecular complexity index is 572. The number of amides is 1. The minimum atomic E-state index is -3.30. The van der Waals surface area contributed by atoms with E-state index in [1.807, 2.05) is 0 Å². The van der Waals surface area contributed by atoms with Crippen LogP contribution in [0.4, 0.5) is 0 Å². The van der Waals surface area contributed by atoms with Crippen LogP contribution in [-0.2, 0) is 14.6 Å². The number of primary amides is 1. The molecule has 7 heteroatoms. The second-order valence-corrected chi connectivity index (χ2v) is 7.39. The Morgan fingerprint density at radius 3 is 2.42 bits per heavy atom. The molecule has 1 rings (SSSR count). The molecule has 1 aromatic rings. The third kappa shape index (κ3) is 5.01. The van der Waals surface area contributed by atoms with E-state index in [4.69, 9.17) is 28.9 Å². The Morgan fingerprint density at radius 1 is 1.32 bits per heavy atom. The maximum atomic E-state index is 11.8. The quantitative estimate of drug-likeness (QED) is 0.874. The highest BCUT2D eigenvalue weighted by atomic mass is 35.5. The van der Waals surface area contributed by atoms with Gasteiger partial charge in [0.05, 0.1) is 15.3 Å². The predicted octanol–water partition coefficient (Wildman–Crippen LogP) is 2.73. The maximum absolute atomic E-state index is 11.8. The molecule has 0 aliphatic rings. The molecule has 0 aromatic heterocycles. The summed E-state index contributed by atoms with van der Waals surface area (Å²) < 4.78 is 23.6. The molecule has 0 spiro atoms. The standard InChI is InChI=1S/C12H15Cl2NO3S/c1-19(17,18)11(3-2-4-12(15)16)8-5-6-9(13)10(14)7-8/h5-7,11H,2-4H2,1H3,(H2,15,16). The molecular formula is C12H15Cl2NO3S. The number of halogens is 2. The van der Waals surface area contributed by atoms with Crippen LogP contribution in [0.5, 0.6) is 0 Å². The first kappa shape index (κ1) is 16.3. The fourth-order valence-electron chi connectivity index (χ4n) is 1.80. The molecule has 0 heterocycles. The van der Waals surface area contributed by atoms with Crippen LogP contribution in [0.25, 0.3) is 0 Å². The molecule has 0 radical (unpaired) electrons. The Labute approximate surface area is 122 Å². The van der Waals surface area contributed by atoms with E-state index in [-0.39, 0.29) is 6.42 Å². The van der Waals surface area contributed by atoms with Gasteiger partial charge in [-0.1, -0.05) is 29.3 Å². The summed E-state index contributed by atoms with van der Waals surface area (Å²) in [4.78, 5) is 10.7. The molecule has 1 amide bonds. The van der Waals surface area contributed by atoms with Crippen molar-refractivity contribution in [3.05, 3.63) is 33.8 Å². The van der Waals surface area contributed by atoms with Gasteiger partial charge in [-0.25, -0.2) is 8.42 Å². The van der Waals surface area contributed by atoms with Gasteiger partial charge in [-0.3, -0.25) is 4.79 Å². The van der Waals surface area contributed by atoms with E-state index < -0.39 is 21.0 Å². The van der Waals surface area contributed by atoms with Crippen LogP contribution in [0.15, 0.2) is 18.2 Å². The van der Waals surface area contributed by atoms with Crippen molar-refractivity contribution in [1.82, 2.24) is 0 Å². The largest absolute Gasteiger partial charge is 0.370 e. The van der Waals surface area contributed by atoms with Crippen molar-refractivity contribution in [1.29, 1.82) is 0 Å². The van der Waals surface area contributed by atoms with Crippen molar-refractivity contribution >= 4 is 38.9 Å². The van der Waals surface area contributed by atoms with Crippen LogP contribution < -0.4 is 5.73 Å². The van der Waals surface area contributed by atoms with Gasteiger partial charge in [-0.05, 0) is 30.5 Å². The summed E-state index contributed by atoms with van der Waals surface area (Å²) in [7, 11) is -3.30. The van der Waals surface area contributed by atoms with Gasteiger partial charge in [0.2, 0.25) is 5.91 Å². The zero-order valence-corrected chi connectivity index (χ0v) is 12.7. The fraction of sp³-hybridized carbons (Fsp3) is 0.417. The Morgan fingerprint density at radius 2 is 1.95 bits per heavy atom. The second-order valence-electron chi connectivity index (χ2n) is 4.35. The molecule has 19 heavy (non-hydrogen) atoms. The van der Waals surface area contributed by atoms with Gasteiger partial charge in [0.15, 0.2) is 9.84 Å². The van der Waals surface area contributed by atoms with E-state index in [2.05, 4.69) is 0 Å². The summed E-state index contributed by atoms with van der Waals surface area (Å²) in [6.45, 7) is 0. The van der Waals surface area contributed by atoms with Crippen molar-refractivity contribution in [2.45, 2.75) is 24.5 Å². The third-order valence-electron chi connectivity index (χ3n) is 2.72. The van der Waals surface area contributed by atoms with Gasteiger partial charge in [-0.15, -0.1) is 0 Å². The molecule has 106 valence electrons. The molecule has 2 N–H and O–H groups in total. The first-order chi connectivity index (χ1) is 8.71. The second kappa shape index (κ2) is 6.59. The lowest BCUT2D eigenvalue weighted by atomic mass is 10.1. The van der Waals surface area contributed by atoms with Crippen LogP contribution in [0.2, 0.25) is 10.0 Å². The number of carbonyl (C=O) groups is 1. The lowest BCUT2D eigenvalue weighted by Gasteiger charge is -2.15. The normalized spacial score (nSPS) is 13.2. The molecule has 1 unspecified atom stereocenters. The molecule has 4 nitrogen and oxygen atoms in total. The third-order valence-corrected chi connectivity index (χ3v) is 5.00. The smallest absolute Gasteiger partial charge is 0.217 e. The molecule has 1 atom stereocenters. The summed E-state index contributed by atoms with van der Waals surface area (Å²) >= 11 is 11.7. The molecule has 1 aromatic carbocycles. The van der Waals surface area contributed by atoms with Gasteiger partial charge in [0.1, 0.15) is 0 Å². The summed E-state index contributed by atoms with van der Waals surface area (Å²) in [5.74, 6) is -0.443. The van der Waals surface area contributed by atoms with E-state index in [0.717, 1.165) is 6.26 Å². The minimum Gasteiger partial charge on any atom is -0.370 e. The number of nitrogens with two attached hydrogens (primary N) is 1. The average Bonchev–Trinajstić information content (AvgIpc) is 2.26. The molecule has 0 saturated heterocycles. The fourth-order valence-corrected chi connectivity index (χ4v) is 3.34. The lowest BCUT2D eigenvalue weighted by Crippen LogP contribution is -2.14. The van der Waals surface area contributed by atoms with E-state index in [1.54, 1.807) is 18.2 Å². The van der Waals surface area contributed by atoms with Gasteiger partial charge in [0.25, 0.3) is 0 Å². The van der Waals surface area contributed by atoms with E-state index in [0.29, 0.717) is 28.5 Å². The Hall–Kier alpha value is -0.780. The zero-order valence-electron chi connectivity index (χ0n) is 10.4.